The van der Waals surface area contributed by atoms with Crippen molar-refractivity contribution in [3.8, 4) is 5.75 Å². The van der Waals surface area contributed by atoms with Crippen molar-refractivity contribution in [2.75, 3.05) is 48.5 Å². The van der Waals surface area contributed by atoms with Gasteiger partial charge in [0.05, 0.1) is 25.9 Å². The number of hydrogen-bond donors (Lipinski definition) is 1. The highest BCUT2D eigenvalue weighted by Gasteiger charge is 2.34. The first-order valence-corrected chi connectivity index (χ1v) is 10.5. The predicted molar refractivity (Wildman–Crippen MR) is 122 cm³/mol. The lowest BCUT2D eigenvalue weighted by molar-refractivity contribution is 0.0975. The Morgan fingerprint density at radius 3 is 2.29 bits per heavy atom. The number of para-hydroxylation sites is 1. The number of morpholine rings is 1. The Morgan fingerprint density at radius 1 is 0.903 bits per heavy atom. The number of nitrogens with zero attached hydrogens (tertiary/aromatic N) is 2. The molecular formula is C25H25N3O3. The fraction of sp³-hybridized carbons (Fsp3) is 0.240. The first-order valence-electron chi connectivity index (χ1n) is 10.5. The first kappa shape index (κ1) is 19.5. The molecule has 1 atom stereocenters. The maximum atomic E-state index is 13.5. The van der Waals surface area contributed by atoms with Crippen LogP contribution in [0, 0.1) is 0 Å². The van der Waals surface area contributed by atoms with Crippen molar-refractivity contribution in [3.63, 3.8) is 0 Å². The molecule has 3 aromatic rings. The van der Waals surface area contributed by atoms with Gasteiger partial charge in [-0.25, -0.2) is 0 Å². The van der Waals surface area contributed by atoms with Crippen LogP contribution in [0.15, 0.2) is 72.8 Å². The summed E-state index contributed by atoms with van der Waals surface area (Å²) in [5, 5.41) is 3.56. The number of amides is 1. The summed E-state index contributed by atoms with van der Waals surface area (Å²) in [6, 6.07) is 23.7. The summed E-state index contributed by atoms with van der Waals surface area (Å²) in [5.74, 6) is 0.731. The van der Waals surface area contributed by atoms with Gasteiger partial charge in [-0.15, -0.1) is 0 Å². The Kier molecular flexibility index (Phi) is 5.22. The SMILES string of the molecule is COc1ccc(N2C(=O)c3ccccc3NC2c2ccc(N3CCOCC3)cc2)cc1. The van der Waals surface area contributed by atoms with E-state index in [9.17, 15) is 4.79 Å². The highest BCUT2D eigenvalue weighted by molar-refractivity contribution is 6.12. The molecule has 3 aromatic carbocycles. The van der Waals surface area contributed by atoms with Gasteiger partial charge in [0.25, 0.3) is 5.91 Å². The van der Waals surface area contributed by atoms with Gasteiger partial charge in [0.2, 0.25) is 0 Å². The average molecular weight is 415 g/mol. The maximum absolute atomic E-state index is 13.5. The van der Waals surface area contributed by atoms with Crippen molar-refractivity contribution in [1.29, 1.82) is 0 Å². The van der Waals surface area contributed by atoms with Gasteiger partial charge in [0, 0.05) is 30.2 Å². The van der Waals surface area contributed by atoms with Gasteiger partial charge < -0.3 is 19.7 Å². The molecule has 0 aromatic heterocycles. The Bertz CT molecular complexity index is 1060. The van der Waals surface area contributed by atoms with Crippen molar-refractivity contribution in [2.45, 2.75) is 6.17 Å². The van der Waals surface area contributed by atoms with E-state index in [2.05, 4.69) is 34.5 Å². The summed E-state index contributed by atoms with van der Waals surface area (Å²) in [4.78, 5) is 17.6. The van der Waals surface area contributed by atoms with E-state index in [1.807, 2.05) is 53.4 Å². The second-order valence-corrected chi connectivity index (χ2v) is 7.66. The number of ether oxygens (including phenoxy) is 2. The number of fused-ring (bicyclic) bond motifs is 1. The van der Waals surface area contributed by atoms with Gasteiger partial charge >= 0.3 is 0 Å². The highest BCUT2D eigenvalue weighted by Crippen LogP contribution is 2.37. The number of hydrogen-bond acceptors (Lipinski definition) is 5. The minimum atomic E-state index is -0.311. The number of nitrogens with one attached hydrogen (secondary N) is 1. The summed E-state index contributed by atoms with van der Waals surface area (Å²) in [6.07, 6.45) is -0.311. The van der Waals surface area contributed by atoms with Crippen LogP contribution in [0.5, 0.6) is 5.75 Å². The summed E-state index contributed by atoms with van der Waals surface area (Å²) >= 11 is 0. The molecule has 6 nitrogen and oxygen atoms in total. The third-order valence-electron chi connectivity index (χ3n) is 5.86. The van der Waals surface area contributed by atoms with E-state index in [4.69, 9.17) is 9.47 Å². The molecule has 1 unspecified atom stereocenters. The van der Waals surface area contributed by atoms with E-state index in [0.29, 0.717) is 5.56 Å². The summed E-state index contributed by atoms with van der Waals surface area (Å²) in [6.45, 7) is 3.29. The molecule has 158 valence electrons. The van der Waals surface area contributed by atoms with Crippen LogP contribution in [0.1, 0.15) is 22.1 Å². The molecule has 1 N–H and O–H groups in total. The first-order chi connectivity index (χ1) is 15.2. The lowest BCUT2D eigenvalue weighted by atomic mass is 10.0. The van der Waals surface area contributed by atoms with Crippen LogP contribution >= 0.6 is 0 Å². The molecule has 2 aliphatic heterocycles. The second-order valence-electron chi connectivity index (χ2n) is 7.66. The molecule has 2 heterocycles. The van der Waals surface area contributed by atoms with Crippen molar-refractivity contribution >= 4 is 23.0 Å². The molecule has 1 fully saturated rings. The number of anilines is 3. The zero-order chi connectivity index (χ0) is 21.2. The molecule has 6 heteroatoms. The van der Waals surface area contributed by atoms with Crippen LogP contribution in [0.4, 0.5) is 17.1 Å². The van der Waals surface area contributed by atoms with E-state index < -0.39 is 0 Å². The van der Waals surface area contributed by atoms with Crippen LogP contribution in [0.25, 0.3) is 0 Å². The smallest absolute Gasteiger partial charge is 0.262 e. The zero-order valence-electron chi connectivity index (χ0n) is 17.5. The second kappa shape index (κ2) is 8.32. The van der Waals surface area contributed by atoms with Crippen molar-refractivity contribution in [2.24, 2.45) is 0 Å². The van der Waals surface area contributed by atoms with E-state index >= 15 is 0 Å². The Labute approximate surface area is 182 Å². The number of carbonyl (C=O) groups excluding carboxylic acids is 1. The van der Waals surface area contributed by atoms with Gasteiger partial charge in [0.15, 0.2) is 0 Å². The van der Waals surface area contributed by atoms with E-state index in [1.165, 1.54) is 5.69 Å². The fourth-order valence-corrected chi connectivity index (χ4v) is 4.18. The van der Waals surface area contributed by atoms with E-state index in [-0.39, 0.29) is 12.1 Å². The van der Waals surface area contributed by atoms with E-state index in [1.54, 1.807) is 7.11 Å². The van der Waals surface area contributed by atoms with Gasteiger partial charge in [-0.2, -0.15) is 0 Å². The van der Waals surface area contributed by atoms with Crippen LogP contribution in [0.3, 0.4) is 0 Å². The number of carbonyl (C=O) groups is 1. The molecule has 1 saturated heterocycles. The summed E-state index contributed by atoms with van der Waals surface area (Å²) < 4.78 is 10.7. The van der Waals surface area contributed by atoms with Crippen molar-refractivity contribution in [1.82, 2.24) is 0 Å². The number of methoxy groups -OCH3 is 1. The largest absolute Gasteiger partial charge is 0.497 e. The molecular weight excluding hydrogens is 390 g/mol. The lowest BCUT2D eigenvalue weighted by Gasteiger charge is -2.38. The Morgan fingerprint density at radius 2 is 1.58 bits per heavy atom. The predicted octanol–water partition coefficient (Wildman–Crippen LogP) is 4.30. The van der Waals surface area contributed by atoms with Gasteiger partial charge in [-0.1, -0.05) is 24.3 Å². The van der Waals surface area contributed by atoms with E-state index in [0.717, 1.165) is 49.0 Å². The molecule has 5 rings (SSSR count). The standard InChI is InChI=1S/C25H25N3O3/c1-30-21-12-10-20(11-13-21)28-24(26-23-5-3-2-4-22(23)25(28)29)18-6-8-19(9-7-18)27-14-16-31-17-15-27/h2-13,24,26H,14-17H2,1H3. The quantitative estimate of drug-likeness (QED) is 0.689. The van der Waals surface area contributed by atoms with Crippen LogP contribution in [-0.2, 0) is 4.74 Å². The fourth-order valence-electron chi connectivity index (χ4n) is 4.18. The lowest BCUT2D eigenvalue weighted by Crippen LogP contribution is -2.43. The topological polar surface area (TPSA) is 54.0 Å². The van der Waals surface area contributed by atoms with Gasteiger partial charge in [-0.3, -0.25) is 9.69 Å². The number of benzene rings is 3. The Hall–Kier alpha value is -3.51. The minimum Gasteiger partial charge on any atom is -0.497 e. The van der Waals surface area contributed by atoms with Crippen LogP contribution in [0.2, 0.25) is 0 Å². The third-order valence-corrected chi connectivity index (χ3v) is 5.86. The van der Waals surface area contributed by atoms with Gasteiger partial charge in [0.1, 0.15) is 11.9 Å². The molecule has 0 spiro atoms. The minimum absolute atomic E-state index is 0.0261. The normalized spacial score (nSPS) is 18.4. The Balaban J connectivity index is 1.51. The molecule has 2 aliphatic rings. The van der Waals surface area contributed by atoms with Crippen LogP contribution < -0.4 is 19.9 Å². The molecule has 1 amide bonds. The molecule has 0 aliphatic carbocycles. The summed E-state index contributed by atoms with van der Waals surface area (Å²) in [5.41, 5.74) is 4.52. The average Bonchev–Trinajstić information content (AvgIpc) is 2.85. The molecule has 31 heavy (non-hydrogen) atoms. The molecule has 0 radical (unpaired) electrons. The molecule has 0 saturated carbocycles. The summed E-state index contributed by atoms with van der Waals surface area (Å²) in [7, 11) is 1.64. The maximum Gasteiger partial charge on any atom is 0.262 e. The zero-order valence-corrected chi connectivity index (χ0v) is 17.5. The van der Waals surface area contributed by atoms with Crippen molar-refractivity contribution in [3.05, 3.63) is 83.9 Å². The molecule has 0 bridgehead atoms. The van der Waals surface area contributed by atoms with Crippen molar-refractivity contribution < 1.29 is 14.3 Å². The monoisotopic (exact) mass is 415 g/mol. The number of rotatable bonds is 4. The van der Waals surface area contributed by atoms with Crippen LogP contribution in [-0.4, -0.2) is 39.3 Å². The van der Waals surface area contributed by atoms with Gasteiger partial charge in [-0.05, 0) is 54.1 Å². The highest BCUT2D eigenvalue weighted by atomic mass is 16.5. The third kappa shape index (κ3) is 3.70.